The van der Waals surface area contributed by atoms with Gasteiger partial charge in [-0.3, -0.25) is 4.90 Å². The van der Waals surface area contributed by atoms with Crippen molar-refractivity contribution in [2.24, 2.45) is 0 Å². The van der Waals surface area contributed by atoms with Gasteiger partial charge in [0.05, 0.1) is 17.9 Å². The summed E-state index contributed by atoms with van der Waals surface area (Å²) >= 11 is 9.37. The molecule has 3 rings (SSSR count). The van der Waals surface area contributed by atoms with Gasteiger partial charge < -0.3 is 0 Å². The minimum Gasteiger partial charge on any atom is -0.282 e. The molecule has 0 aliphatic carbocycles. The van der Waals surface area contributed by atoms with E-state index in [9.17, 15) is 8.42 Å². The van der Waals surface area contributed by atoms with E-state index in [2.05, 4.69) is 31.1 Å². The Kier molecular flexibility index (Phi) is 5.02. The van der Waals surface area contributed by atoms with Crippen molar-refractivity contribution >= 4 is 37.6 Å². The highest BCUT2D eigenvalue weighted by atomic mass is 79.9. The van der Waals surface area contributed by atoms with Crippen LogP contribution in [0.2, 0.25) is 5.02 Å². The molecule has 0 atom stereocenters. The molecule has 1 saturated heterocycles. The summed E-state index contributed by atoms with van der Waals surface area (Å²) in [5, 5.41) is 7.90. The standard InChI is InChI=1S/C13H15BrClN5O2S/c14-11-1-2-13(12(15)9-11)23(21,22)20-7-5-18(6-8-20)10-19-4-3-16-17-19/h1-4,9H,5-8,10H2. The van der Waals surface area contributed by atoms with Crippen LogP contribution in [0.15, 0.2) is 40.0 Å². The second-order valence-electron chi connectivity index (χ2n) is 5.18. The molecule has 0 spiro atoms. The first kappa shape index (κ1) is 16.8. The normalized spacial score (nSPS) is 17.5. The van der Waals surface area contributed by atoms with Gasteiger partial charge in [0.25, 0.3) is 0 Å². The first-order valence-electron chi connectivity index (χ1n) is 6.98. The highest BCUT2D eigenvalue weighted by molar-refractivity contribution is 9.10. The molecule has 0 unspecified atom stereocenters. The zero-order valence-electron chi connectivity index (χ0n) is 12.1. The number of halogens is 2. The van der Waals surface area contributed by atoms with Crippen LogP contribution in [-0.2, 0) is 16.7 Å². The van der Waals surface area contributed by atoms with E-state index in [-0.39, 0.29) is 9.92 Å². The van der Waals surface area contributed by atoms with Crippen LogP contribution in [0.4, 0.5) is 0 Å². The van der Waals surface area contributed by atoms with Crippen LogP contribution in [-0.4, -0.2) is 58.8 Å². The van der Waals surface area contributed by atoms with Crippen molar-refractivity contribution < 1.29 is 8.42 Å². The zero-order chi connectivity index (χ0) is 16.4. The van der Waals surface area contributed by atoms with Gasteiger partial charge in [0.2, 0.25) is 10.0 Å². The van der Waals surface area contributed by atoms with Crippen LogP contribution < -0.4 is 0 Å². The van der Waals surface area contributed by atoms with Crippen molar-refractivity contribution in [2.75, 3.05) is 26.2 Å². The summed E-state index contributed by atoms with van der Waals surface area (Å²) in [4.78, 5) is 2.27. The van der Waals surface area contributed by atoms with Crippen LogP contribution in [0.5, 0.6) is 0 Å². The first-order chi connectivity index (χ1) is 11.0. The lowest BCUT2D eigenvalue weighted by molar-refractivity contribution is 0.144. The Morgan fingerprint density at radius 2 is 1.96 bits per heavy atom. The molecule has 1 aliphatic heterocycles. The summed E-state index contributed by atoms with van der Waals surface area (Å²) in [6, 6.07) is 4.80. The van der Waals surface area contributed by atoms with E-state index in [1.54, 1.807) is 29.2 Å². The van der Waals surface area contributed by atoms with Crippen LogP contribution in [0.3, 0.4) is 0 Å². The topological polar surface area (TPSA) is 71.3 Å². The lowest BCUT2D eigenvalue weighted by atomic mass is 10.4. The summed E-state index contributed by atoms with van der Waals surface area (Å²) in [5.41, 5.74) is 0. The summed E-state index contributed by atoms with van der Waals surface area (Å²) in [7, 11) is -3.58. The fourth-order valence-corrected chi connectivity index (χ4v) is 4.88. The zero-order valence-corrected chi connectivity index (χ0v) is 15.3. The van der Waals surface area contributed by atoms with Gasteiger partial charge in [-0.25, -0.2) is 13.1 Å². The molecule has 7 nitrogen and oxygen atoms in total. The lowest BCUT2D eigenvalue weighted by Gasteiger charge is -2.33. The number of sulfonamides is 1. The Balaban J connectivity index is 1.68. The fourth-order valence-electron chi connectivity index (χ4n) is 2.45. The maximum absolute atomic E-state index is 12.7. The van der Waals surface area contributed by atoms with Gasteiger partial charge in [-0.05, 0) is 18.2 Å². The molecule has 0 amide bonds. The number of benzene rings is 1. The van der Waals surface area contributed by atoms with E-state index in [1.165, 1.54) is 10.4 Å². The van der Waals surface area contributed by atoms with Gasteiger partial charge in [0.1, 0.15) is 4.90 Å². The van der Waals surface area contributed by atoms with Crippen molar-refractivity contribution in [3.05, 3.63) is 40.1 Å². The molecule has 0 N–H and O–H groups in total. The van der Waals surface area contributed by atoms with Crippen molar-refractivity contribution in [3.63, 3.8) is 0 Å². The number of piperazine rings is 1. The van der Waals surface area contributed by atoms with Crippen LogP contribution in [0, 0.1) is 0 Å². The van der Waals surface area contributed by atoms with E-state index in [0.29, 0.717) is 32.8 Å². The van der Waals surface area contributed by atoms with Gasteiger partial charge in [0.15, 0.2) is 0 Å². The molecular formula is C13H15BrClN5O2S. The minimum atomic E-state index is -3.58. The molecule has 23 heavy (non-hydrogen) atoms. The van der Waals surface area contributed by atoms with Crippen LogP contribution in [0.25, 0.3) is 0 Å². The summed E-state index contributed by atoms with van der Waals surface area (Å²) in [5.74, 6) is 0. The van der Waals surface area contributed by atoms with Gasteiger partial charge in [-0.15, -0.1) is 5.10 Å². The maximum atomic E-state index is 12.7. The van der Waals surface area contributed by atoms with Gasteiger partial charge in [-0.2, -0.15) is 4.31 Å². The van der Waals surface area contributed by atoms with Crippen molar-refractivity contribution in [3.8, 4) is 0 Å². The fraction of sp³-hybridized carbons (Fsp3) is 0.385. The third kappa shape index (κ3) is 3.74. The molecular weight excluding hydrogens is 406 g/mol. The number of rotatable bonds is 4. The number of nitrogens with zero attached hydrogens (tertiary/aromatic N) is 5. The van der Waals surface area contributed by atoms with E-state index in [0.717, 1.165) is 4.47 Å². The first-order valence-corrected chi connectivity index (χ1v) is 9.59. The van der Waals surface area contributed by atoms with Crippen LogP contribution in [0.1, 0.15) is 0 Å². The Hall–Kier alpha value is -1.00. The Labute approximate surface area is 148 Å². The Morgan fingerprint density at radius 1 is 1.22 bits per heavy atom. The van der Waals surface area contributed by atoms with E-state index in [4.69, 9.17) is 11.6 Å². The molecule has 10 heteroatoms. The number of aromatic nitrogens is 3. The minimum absolute atomic E-state index is 0.145. The SMILES string of the molecule is O=S(=O)(c1ccc(Br)cc1Cl)N1CCN(Cn2ccnn2)CC1. The second kappa shape index (κ2) is 6.86. The molecule has 0 bridgehead atoms. The van der Waals surface area contributed by atoms with Gasteiger partial charge in [0, 0.05) is 36.8 Å². The molecule has 1 fully saturated rings. The quantitative estimate of drug-likeness (QED) is 0.752. The average molecular weight is 421 g/mol. The molecule has 0 radical (unpaired) electrons. The Bertz CT molecular complexity index is 776. The predicted octanol–water partition coefficient (Wildman–Crippen LogP) is 1.66. The van der Waals surface area contributed by atoms with Gasteiger partial charge >= 0.3 is 0 Å². The lowest BCUT2D eigenvalue weighted by Crippen LogP contribution is -2.48. The highest BCUT2D eigenvalue weighted by Gasteiger charge is 2.30. The van der Waals surface area contributed by atoms with E-state index in [1.807, 2.05) is 0 Å². The second-order valence-corrected chi connectivity index (χ2v) is 8.41. The van der Waals surface area contributed by atoms with Gasteiger partial charge in [-0.1, -0.05) is 32.7 Å². The number of hydrogen-bond acceptors (Lipinski definition) is 5. The monoisotopic (exact) mass is 419 g/mol. The van der Waals surface area contributed by atoms with Crippen molar-refractivity contribution in [1.82, 2.24) is 24.2 Å². The third-order valence-corrected chi connectivity index (χ3v) is 6.53. The van der Waals surface area contributed by atoms with E-state index < -0.39 is 10.0 Å². The predicted molar refractivity (Wildman–Crippen MR) is 89.5 cm³/mol. The Morgan fingerprint density at radius 3 is 2.57 bits per heavy atom. The maximum Gasteiger partial charge on any atom is 0.244 e. The van der Waals surface area contributed by atoms with Crippen molar-refractivity contribution in [2.45, 2.75) is 11.6 Å². The average Bonchev–Trinajstić information content (AvgIpc) is 3.00. The summed E-state index contributed by atoms with van der Waals surface area (Å²) in [6.45, 7) is 2.71. The summed E-state index contributed by atoms with van der Waals surface area (Å²) < 4.78 is 29.4. The molecule has 1 aromatic heterocycles. The number of hydrogen-bond donors (Lipinski definition) is 0. The largest absolute Gasteiger partial charge is 0.282 e. The molecule has 1 aromatic carbocycles. The van der Waals surface area contributed by atoms with Crippen LogP contribution >= 0.6 is 27.5 Å². The molecule has 124 valence electrons. The van der Waals surface area contributed by atoms with E-state index >= 15 is 0 Å². The molecule has 2 heterocycles. The summed E-state index contributed by atoms with van der Waals surface area (Å²) in [6.07, 6.45) is 3.40. The van der Waals surface area contributed by atoms with Crippen molar-refractivity contribution in [1.29, 1.82) is 0 Å². The molecule has 1 aliphatic rings. The third-order valence-electron chi connectivity index (χ3n) is 3.66. The molecule has 2 aromatic rings. The molecule has 0 saturated carbocycles. The highest BCUT2D eigenvalue weighted by Crippen LogP contribution is 2.28. The smallest absolute Gasteiger partial charge is 0.244 e.